The van der Waals surface area contributed by atoms with Gasteiger partial charge in [-0.3, -0.25) is 4.68 Å². The zero-order valence-electron chi connectivity index (χ0n) is 13.3. The van der Waals surface area contributed by atoms with Crippen LogP contribution in [-0.4, -0.2) is 26.9 Å². The summed E-state index contributed by atoms with van der Waals surface area (Å²) < 4.78 is 34.2. The molecule has 0 aliphatic carbocycles. The molecular formula is C16H15F2N5O. The van der Waals surface area contributed by atoms with Crippen LogP contribution in [0.2, 0.25) is 0 Å². The fourth-order valence-electron chi connectivity index (χ4n) is 2.30. The lowest BCUT2D eigenvalue weighted by atomic mass is 10.1. The molecule has 0 amide bonds. The molecule has 0 bridgehead atoms. The van der Waals surface area contributed by atoms with Gasteiger partial charge >= 0.3 is 0 Å². The maximum Gasteiger partial charge on any atom is 0.227 e. The highest BCUT2D eigenvalue weighted by molar-refractivity contribution is 5.66. The first-order chi connectivity index (χ1) is 11.5. The number of rotatable bonds is 4. The second kappa shape index (κ2) is 6.23. The van der Waals surface area contributed by atoms with Gasteiger partial charge in [0, 0.05) is 25.0 Å². The fourth-order valence-corrected chi connectivity index (χ4v) is 2.30. The Kier molecular flexibility index (Phi) is 4.11. The summed E-state index contributed by atoms with van der Waals surface area (Å²) in [5, 5.41) is 7.03. The molecule has 0 radical (unpaired) electrons. The van der Waals surface area contributed by atoms with E-state index in [0.717, 1.165) is 0 Å². The van der Waals surface area contributed by atoms with Gasteiger partial charge in [-0.1, -0.05) is 0 Å². The van der Waals surface area contributed by atoms with Crippen LogP contribution in [0.15, 0.2) is 30.7 Å². The zero-order valence-corrected chi connectivity index (χ0v) is 13.3. The van der Waals surface area contributed by atoms with Crippen LogP contribution in [0, 0.1) is 18.6 Å². The Labute approximate surface area is 137 Å². The van der Waals surface area contributed by atoms with Crippen molar-refractivity contribution in [2.24, 2.45) is 7.05 Å². The number of halogens is 2. The molecule has 0 aliphatic rings. The standard InChI is InChI=1S/C16H15F2N5O/c1-9-6-19-16(21-11-7-20-23(2)8-11)22-14(9)10-4-12(17)15(24-3)13(18)5-10/h4-8H,1-3H3,(H,19,21,22). The quantitative estimate of drug-likeness (QED) is 0.795. The molecule has 2 heterocycles. The summed E-state index contributed by atoms with van der Waals surface area (Å²) in [5.74, 6) is -1.68. The predicted molar refractivity (Wildman–Crippen MR) is 85.2 cm³/mol. The largest absolute Gasteiger partial charge is 0.491 e. The van der Waals surface area contributed by atoms with Crippen LogP contribution in [0.25, 0.3) is 11.3 Å². The summed E-state index contributed by atoms with van der Waals surface area (Å²) >= 11 is 0. The number of hydrogen-bond donors (Lipinski definition) is 1. The highest BCUT2D eigenvalue weighted by atomic mass is 19.1. The van der Waals surface area contributed by atoms with Gasteiger partial charge in [0.2, 0.25) is 5.95 Å². The maximum absolute atomic E-state index is 13.9. The van der Waals surface area contributed by atoms with E-state index in [4.69, 9.17) is 4.74 Å². The van der Waals surface area contributed by atoms with Crippen molar-refractivity contribution in [1.29, 1.82) is 0 Å². The molecule has 24 heavy (non-hydrogen) atoms. The van der Waals surface area contributed by atoms with Gasteiger partial charge in [0.25, 0.3) is 0 Å². The van der Waals surface area contributed by atoms with Gasteiger partial charge in [-0.25, -0.2) is 18.7 Å². The van der Waals surface area contributed by atoms with Crippen LogP contribution in [-0.2, 0) is 7.05 Å². The highest BCUT2D eigenvalue weighted by Crippen LogP contribution is 2.30. The van der Waals surface area contributed by atoms with Crippen LogP contribution in [0.1, 0.15) is 5.56 Å². The van der Waals surface area contributed by atoms with Crippen molar-refractivity contribution in [3.05, 3.63) is 47.9 Å². The molecule has 1 N–H and O–H groups in total. The molecule has 0 spiro atoms. The summed E-state index contributed by atoms with van der Waals surface area (Å²) in [6.07, 6.45) is 4.96. The van der Waals surface area contributed by atoms with E-state index in [1.54, 1.807) is 37.2 Å². The first-order valence-electron chi connectivity index (χ1n) is 7.10. The number of nitrogens with one attached hydrogen (secondary N) is 1. The number of methoxy groups -OCH3 is 1. The Hall–Kier alpha value is -3.03. The van der Waals surface area contributed by atoms with E-state index in [0.29, 0.717) is 28.5 Å². The molecule has 0 fully saturated rings. The Morgan fingerprint density at radius 2 is 1.88 bits per heavy atom. The van der Waals surface area contributed by atoms with Gasteiger partial charge in [0.05, 0.1) is 24.7 Å². The van der Waals surface area contributed by atoms with E-state index in [1.807, 2.05) is 0 Å². The molecule has 2 aromatic heterocycles. The number of hydrogen-bond acceptors (Lipinski definition) is 5. The molecular weight excluding hydrogens is 316 g/mol. The molecule has 0 saturated heterocycles. The SMILES string of the molecule is COc1c(F)cc(-c2nc(Nc3cnn(C)c3)ncc2C)cc1F. The van der Waals surface area contributed by atoms with Crippen LogP contribution in [0.4, 0.5) is 20.4 Å². The number of nitrogens with zero attached hydrogens (tertiary/aromatic N) is 4. The van der Waals surface area contributed by atoms with Crippen molar-refractivity contribution in [3.63, 3.8) is 0 Å². The molecule has 3 rings (SSSR count). The van der Waals surface area contributed by atoms with Gasteiger partial charge < -0.3 is 10.1 Å². The molecule has 6 nitrogen and oxygen atoms in total. The number of aryl methyl sites for hydroxylation is 2. The van der Waals surface area contributed by atoms with Gasteiger partial charge in [-0.2, -0.15) is 5.10 Å². The third-order valence-corrected chi connectivity index (χ3v) is 3.41. The van der Waals surface area contributed by atoms with Crippen molar-refractivity contribution in [2.75, 3.05) is 12.4 Å². The number of benzene rings is 1. The third-order valence-electron chi connectivity index (χ3n) is 3.41. The minimum absolute atomic E-state index is 0.305. The maximum atomic E-state index is 13.9. The first kappa shape index (κ1) is 15.9. The monoisotopic (exact) mass is 331 g/mol. The van der Waals surface area contributed by atoms with Crippen molar-refractivity contribution in [1.82, 2.24) is 19.7 Å². The van der Waals surface area contributed by atoms with E-state index in [-0.39, 0.29) is 0 Å². The van der Waals surface area contributed by atoms with E-state index in [9.17, 15) is 8.78 Å². The van der Waals surface area contributed by atoms with Crippen molar-refractivity contribution < 1.29 is 13.5 Å². The van der Waals surface area contributed by atoms with Gasteiger partial charge in [0.1, 0.15) is 0 Å². The van der Waals surface area contributed by atoms with E-state index < -0.39 is 17.4 Å². The molecule has 0 aliphatic heterocycles. The summed E-state index contributed by atoms with van der Waals surface area (Å²) in [6.45, 7) is 1.77. The Bertz CT molecular complexity index is 871. The average Bonchev–Trinajstić information content (AvgIpc) is 2.94. The van der Waals surface area contributed by atoms with Crippen LogP contribution >= 0.6 is 0 Å². The predicted octanol–water partition coefficient (Wildman–Crippen LogP) is 3.22. The average molecular weight is 331 g/mol. The lowest BCUT2D eigenvalue weighted by Gasteiger charge is -2.10. The number of ether oxygens (including phenoxy) is 1. The lowest BCUT2D eigenvalue weighted by Crippen LogP contribution is -2.01. The molecule has 3 aromatic rings. The van der Waals surface area contributed by atoms with Crippen molar-refractivity contribution in [3.8, 4) is 17.0 Å². The minimum atomic E-state index is -0.785. The second-order valence-electron chi connectivity index (χ2n) is 5.23. The molecule has 0 unspecified atom stereocenters. The summed E-state index contributed by atoms with van der Waals surface area (Å²) in [7, 11) is 3.00. The first-order valence-corrected chi connectivity index (χ1v) is 7.10. The molecule has 1 aromatic carbocycles. The van der Waals surface area contributed by atoms with Crippen LogP contribution < -0.4 is 10.1 Å². The molecule has 124 valence electrons. The van der Waals surface area contributed by atoms with Crippen LogP contribution in [0.5, 0.6) is 5.75 Å². The number of anilines is 2. The topological polar surface area (TPSA) is 64.9 Å². The summed E-state index contributed by atoms with van der Waals surface area (Å²) in [5.41, 5.74) is 2.13. The second-order valence-corrected chi connectivity index (χ2v) is 5.23. The van der Waals surface area contributed by atoms with Gasteiger partial charge in [-0.15, -0.1) is 0 Å². The smallest absolute Gasteiger partial charge is 0.227 e. The Balaban J connectivity index is 2.00. The Morgan fingerprint density at radius 1 is 1.17 bits per heavy atom. The number of aromatic nitrogens is 4. The molecule has 8 heteroatoms. The molecule has 0 saturated carbocycles. The van der Waals surface area contributed by atoms with Crippen molar-refractivity contribution >= 4 is 11.6 Å². The van der Waals surface area contributed by atoms with E-state index in [2.05, 4.69) is 20.4 Å². The van der Waals surface area contributed by atoms with Crippen molar-refractivity contribution in [2.45, 2.75) is 6.92 Å². The van der Waals surface area contributed by atoms with E-state index >= 15 is 0 Å². The van der Waals surface area contributed by atoms with Crippen LogP contribution in [0.3, 0.4) is 0 Å². The van der Waals surface area contributed by atoms with Gasteiger partial charge in [-0.05, 0) is 24.6 Å². The minimum Gasteiger partial charge on any atom is -0.491 e. The zero-order chi connectivity index (χ0) is 17.3. The molecule has 0 atom stereocenters. The lowest BCUT2D eigenvalue weighted by molar-refractivity contribution is 0.360. The summed E-state index contributed by atoms with van der Waals surface area (Å²) in [4.78, 5) is 8.53. The highest BCUT2D eigenvalue weighted by Gasteiger charge is 2.15. The van der Waals surface area contributed by atoms with Gasteiger partial charge in [0.15, 0.2) is 17.4 Å². The fraction of sp³-hybridized carbons (Fsp3) is 0.188. The van der Waals surface area contributed by atoms with E-state index in [1.165, 1.54) is 19.2 Å². The summed E-state index contributed by atoms with van der Waals surface area (Å²) in [6, 6.07) is 2.37. The Morgan fingerprint density at radius 3 is 2.46 bits per heavy atom. The normalized spacial score (nSPS) is 10.7. The third kappa shape index (κ3) is 3.03.